The highest BCUT2D eigenvalue weighted by atomic mass is 32.2. The van der Waals surface area contributed by atoms with Gasteiger partial charge in [-0.2, -0.15) is 0 Å². The van der Waals surface area contributed by atoms with Gasteiger partial charge in [-0.25, -0.2) is 13.1 Å². The number of anilines is 3. The van der Waals surface area contributed by atoms with Crippen molar-refractivity contribution in [1.82, 2.24) is 19.9 Å². The van der Waals surface area contributed by atoms with Gasteiger partial charge in [-0.1, -0.05) is 12.1 Å². The first-order valence-corrected chi connectivity index (χ1v) is 10.3. The standard InChI is InChI=1S/C19H20N6O3S/c1-14(26)15-4-6-17(7-5-15)29(27,28)22-12-11-21-18-8-9-19(25-24-18)23-16-3-2-10-20-13-16/h2-10,13,22H,11-12H2,1H3,(H,21,24)(H,23,25). The topological polar surface area (TPSA) is 126 Å². The van der Waals surface area contributed by atoms with E-state index in [-0.39, 0.29) is 17.2 Å². The molecule has 0 spiro atoms. The molecule has 0 radical (unpaired) electrons. The Labute approximate surface area is 168 Å². The van der Waals surface area contributed by atoms with Gasteiger partial charge in [0.25, 0.3) is 0 Å². The largest absolute Gasteiger partial charge is 0.367 e. The number of pyridine rings is 1. The molecule has 2 heterocycles. The number of sulfonamides is 1. The second kappa shape index (κ2) is 9.22. The molecule has 0 saturated heterocycles. The summed E-state index contributed by atoms with van der Waals surface area (Å²) in [6.07, 6.45) is 3.35. The van der Waals surface area contributed by atoms with Crippen LogP contribution in [0.1, 0.15) is 17.3 Å². The molecule has 9 nitrogen and oxygen atoms in total. The lowest BCUT2D eigenvalue weighted by molar-refractivity contribution is 0.101. The van der Waals surface area contributed by atoms with Gasteiger partial charge in [-0.05, 0) is 43.3 Å². The molecular formula is C19H20N6O3S. The first-order valence-electron chi connectivity index (χ1n) is 8.79. The summed E-state index contributed by atoms with van der Waals surface area (Å²) < 4.78 is 27.1. The van der Waals surface area contributed by atoms with Crippen LogP contribution in [0.3, 0.4) is 0 Å². The number of Topliss-reactive ketones (excluding diaryl/α,β-unsaturated/α-hetero) is 1. The van der Waals surface area contributed by atoms with E-state index >= 15 is 0 Å². The number of benzene rings is 1. The fourth-order valence-corrected chi connectivity index (χ4v) is 3.44. The zero-order valence-electron chi connectivity index (χ0n) is 15.7. The van der Waals surface area contributed by atoms with Crippen LogP contribution in [0.2, 0.25) is 0 Å². The molecule has 29 heavy (non-hydrogen) atoms. The van der Waals surface area contributed by atoms with Crippen molar-refractivity contribution in [2.45, 2.75) is 11.8 Å². The number of aromatic nitrogens is 3. The molecule has 2 aromatic heterocycles. The van der Waals surface area contributed by atoms with Gasteiger partial charge >= 0.3 is 0 Å². The normalized spacial score (nSPS) is 11.1. The summed E-state index contributed by atoms with van der Waals surface area (Å²) in [7, 11) is -3.65. The first-order chi connectivity index (χ1) is 13.9. The van der Waals surface area contributed by atoms with Crippen LogP contribution < -0.4 is 15.4 Å². The molecule has 0 aliphatic carbocycles. The fraction of sp³-hybridized carbons (Fsp3) is 0.158. The van der Waals surface area contributed by atoms with Crippen LogP contribution in [0.15, 0.2) is 65.8 Å². The molecule has 0 aliphatic heterocycles. The number of carbonyl (C=O) groups is 1. The Morgan fingerprint density at radius 1 is 0.966 bits per heavy atom. The summed E-state index contributed by atoms with van der Waals surface area (Å²) in [5.74, 6) is 0.971. The average Bonchev–Trinajstić information content (AvgIpc) is 2.73. The molecule has 0 fully saturated rings. The van der Waals surface area contributed by atoms with Crippen LogP contribution >= 0.6 is 0 Å². The Morgan fingerprint density at radius 3 is 2.31 bits per heavy atom. The molecule has 1 aromatic carbocycles. The second-order valence-electron chi connectivity index (χ2n) is 6.08. The van der Waals surface area contributed by atoms with Crippen LogP contribution in [-0.4, -0.2) is 42.5 Å². The van der Waals surface area contributed by atoms with E-state index in [4.69, 9.17) is 0 Å². The summed E-state index contributed by atoms with van der Waals surface area (Å²) in [4.78, 5) is 15.4. The van der Waals surface area contributed by atoms with E-state index < -0.39 is 10.0 Å². The second-order valence-corrected chi connectivity index (χ2v) is 7.84. The van der Waals surface area contributed by atoms with Crippen LogP contribution in [0.25, 0.3) is 0 Å². The number of rotatable bonds is 9. The van der Waals surface area contributed by atoms with Crippen molar-refractivity contribution in [1.29, 1.82) is 0 Å². The molecule has 0 saturated carbocycles. The van der Waals surface area contributed by atoms with E-state index in [1.165, 1.54) is 31.2 Å². The minimum Gasteiger partial charge on any atom is -0.367 e. The van der Waals surface area contributed by atoms with Gasteiger partial charge in [0, 0.05) is 24.8 Å². The van der Waals surface area contributed by atoms with Gasteiger partial charge in [0.05, 0.1) is 16.8 Å². The number of ketones is 1. The number of hydrogen-bond acceptors (Lipinski definition) is 8. The third-order valence-corrected chi connectivity index (χ3v) is 5.37. The molecule has 150 valence electrons. The van der Waals surface area contributed by atoms with E-state index in [0.717, 1.165) is 5.69 Å². The van der Waals surface area contributed by atoms with E-state index in [2.05, 4.69) is 30.5 Å². The molecule has 0 amide bonds. The van der Waals surface area contributed by atoms with Gasteiger partial charge in [0.2, 0.25) is 10.0 Å². The molecular weight excluding hydrogens is 392 g/mol. The van der Waals surface area contributed by atoms with E-state index in [9.17, 15) is 13.2 Å². The predicted molar refractivity (Wildman–Crippen MR) is 110 cm³/mol. The highest BCUT2D eigenvalue weighted by Crippen LogP contribution is 2.13. The molecule has 10 heteroatoms. The highest BCUT2D eigenvalue weighted by Gasteiger charge is 2.13. The van der Waals surface area contributed by atoms with E-state index in [1.54, 1.807) is 24.5 Å². The lowest BCUT2D eigenvalue weighted by Gasteiger charge is -2.09. The third-order valence-electron chi connectivity index (χ3n) is 3.89. The van der Waals surface area contributed by atoms with Crippen molar-refractivity contribution < 1.29 is 13.2 Å². The Hall–Kier alpha value is -3.37. The molecule has 3 aromatic rings. The monoisotopic (exact) mass is 412 g/mol. The van der Waals surface area contributed by atoms with Gasteiger partial charge in [-0.3, -0.25) is 9.78 Å². The van der Waals surface area contributed by atoms with Crippen molar-refractivity contribution in [3.05, 3.63) is 66.5 Å². The van der Waals surface area contributed by atoms with Gasteiger partial charge in [-0.15, -0.1) is 10.2 Å². The number of hydrogen-bond donors (Lipinski definition) is 3. The van der Waals surface area contributed by atoms with E-state index in [1.807, 2.05) is 12.1 Å². The maximum Gasteiger partial charge on any atom is 0.240 e. The molecule has 0 bridgehead atoms. The fourth-order valence-electron chi connectivity index (χ4n) is 2.41. The van der Waals surface area contributed by atoms with Crippen molar-refractivity contribution in [3.63, 3.8) is 0 Å². The summed E-state index contributed by atoms with van der Waals surface area (Å²) in [5.41, 5.74) is 1.26. The van der Waals surface area contributed by atoms with Crippen molar-refractivity contribution in [3.8, 4) is 0 Å². The van der Waals surface area contributed by atoms with Crippen molar-refractivity contribution in [2.24, 2.45) is 0 Å². The predicted octanol–water partition coefficient (Wildman–Crippen LogP) is 2.21. The zero-order valence-corrected chi connectivity index (χ0v) is 16.5. The average molecular weight is 412 g/mol. The molecule has 3 N–H and O–H groups in total. The quantitative estimate of drug-likeness (QED) is 0.361. The molecule has 0 aliphatic rings. The van der Waals surface area contributed by atoms with Gasteiger partial charge in [0.15, 0.2) is 11.6 Å². The maximum atomic E-state index is 12.3. The molecule has 0 unspecified atom stereocenters. The number of carbonyl (C=O) groups excluding carboxylic acids is 1. The van der Waals surface area contributed by atoms with Crippen molar-refractivity contribution >= 4 is 33.1 Å². The SMILES string of the molecule is CC(=O)c1ccc(S(=O)(=O)NCCNc2ccc(Nc3cccnc3)nn2)cc1. The summed E-state index contributed by atoms with van der Waals surface area (Å²) >= 11 is 0. The van der Waals surface area contributed by atoms with Gasteiger partial charge in [0.1, 0.15) is 5.82 Å². The first kappa shape index (κ1) is 20.4. The molecule has 0 atom stereocenters. The maximum absolute atomic E-state index is 12.3. The Bertz CT molecular complexity index is 1060. The minimum absolute atomic E-state index is 0.105. The Balaban J connectivity index is 1.47. The van der Waals surface area contributed by atoms with Gasteiger partial charge < -0.3 is 10.6 Å². The lowest BCUT2D eigenvalue weighted by atomic mass is 10.2. The Kier molecular flexibility index (Phi) is 6.47. The van der Waals surface area contributed by atoms with E-state index in [0.29, 0.717) is 23.7 Å². The summed E-state index contributed by atoms with van der Waals surface area (Å²) in [6.45, 7) is 1.92. The summed E-state index contributed by atoms with van der Waals surface area (Å²) in [5, 5.41) is 14.2. The number of nitrogens with one attached hydrogen (secondary N) is 3. The Morgan fingerprint density at radius 2 is 1.69 bits per heavy atom. The summed E-state index contributed by atoms with van der Waals surface area (Å²) in [6, 6.07) is 13.0. The van der Waals surface area contributed by atoms with Crippen LogP contribution in [0.4, 0.5) is 17.3 Å². The van der Waals surface area contributed by atoms with Crippen LogP contribution in [0, 0.1) is 0 Å². The third kappa shape index (κ3) is 5.80. The van der Waals surface area contributed by atoms with Crippen LogP contribution in [0.5, 0.6) is 0 Å². The molecule has 3 rings (SSSR count). The zero-order chi connectivity index (χ0) is 20.7. The number of nitrogens with zero attached hydrogens (tertiary/aromatic N) is 3. The smallest absolute Gasteiger partial charge is 0.240 e. The van der Waals surface area contributed by atoms with Crippen LogP contribution in [-0.2, 0) is 10.0 Å². The highest BCUT2D eigenvalue weighted by molar-refractivity contribution is 7.89. The van der Waals surface area contributed by atoms with Crippen molar-refractivity contribution in [2.75, 3.05) is 23.7 Å². The lowest BCUT2D eigenvalue weighted by Crippen LogP contribution is -2.29. The minimum atomic E-state index is -3.65.